The zero-order chi connectivity index (χ0) is 23.4. The Bertz CT molecular complexity index is 1110. The van der Waals surface area contributed by atoms with Crippen LogP contribution in [0, 0.1) is 5.92 Å². The smallest absolute Gasteiger partial charge is 0.227 e. The lowest BCUT2D eigenvalue weighted by Gasteiger charge is -2.22. The van der Waals surface area contributed by atoms with E-state index in [4.69, 9.17) is 14.5 Å². The molecule has 7 nitrogen and oxygen atoms in total. The van der Waals surface area contributed by atoms with Gasteiger partial charge in [0.05, 0.1) is 24.2 Å². The lowest BCUT2D eigenvalue weighted by Crippen LogP contribution is -2.31. The number of methoxy groups -OCH3 is 1. The van der Waals surface area contributed by atoms with Gasteiger partial charge in [-0.1, -0.05) is 0 Å². The number of fused-ring (bicyclic) bond motifs is 1. The number of hydrogen-bond acceptors (Lipinski definition) is 6. The molecule has 1 atom stereocenters. The average molecular weight is 449 g/mol. The molecule has 0 aliphatic carbocycles. The molecule has 1 saturated heterocycles. The summed E-state index contributed by atoms with van der Waals surface area (Å²) in [5, 5.41) is 4.14. The van der Waals surface area contributed by atoms with Crippen LogP contribution in [0.1, 0.15) is 6.42 Å². The third-order valence-electron chi connectivity index (χ3n) is 6.09. The minimum absolute atomic E-state index is 0.0129. The fourth-order valence-electron chi connectivity index (χ4n) is 4.26. The van der Waals surface area contributed by atoms with Crippen LogP contribution in [0.15, 0.2) is 48.5 Å². The van der Waals surface area contributed by atoms with Crippen molar-refractivity contribution < 1.29 is 14.3 Å². The van der Waals surface area contributed by atoms with Crippen LogP contribution >= 0.6 is 0 Å². The number of likely N-dealkylation sites (N-methyl/N-ethyl adjacent to an activating group) is 1. The number of benzene rings is 2. The predicted molar refractivity (Wildman–Crippen MR) is 132 cm³/mol. The number of aromatic nitrogens is 1. The van der Waals surface area contributed by atoms with Crippen molar-refractivity contribution in [3.63, 3.8) is 0 Å². The molecule has 0 bridgehead atoms. The summed E-state index contributed by atoms with van der Waals surface area (Å²) in [4.78, 5) is 21.5. The van der Waals surface area contributed by atoms with Gasteiger partial charge in [0, 0.05) is 56.4 Å². The van der Waals surface area contributed by atoms with Crippen LogP contribution in [-0.2, 0) is 4.79 Å². The molecular weight excluding hydrogens is 416 g/mol. The van der Waals surface area contributed by atoms with E-state index < -0.39 is 0 Å². The summed E-state index contributed by atoms with van der Waals surface area (Å²) < 4.78 is 11.2. The lowest BCUT2D eigenvalue weighted by molar-refractivity contribution is -0.132. The number of hydrogen-bond donors (Lipinski definition) is 1. The maximum absolute atomic E-state index is 12.5. The van der Waals surface area contributed by atoms with E-state index in [0.29, 0.717) is 13.2 Å². The number of nitrogens with zero attached hydrogens (tertiary/aromatic N) is 3. The molecule has 1 fully saturated rings. The molecule has 2 heterocycles. The fraction of sp³-hybridized carbons (Fsp3) is 0.385. The molecule has 174 valence electrons. The first-order valence-corrected chi connectivity index (χ1v) is 11.3. The second-order valence-corrected chi connectivity index (χ2v) is 8.55. The second kappa shape index (κ2) is 10.1. The average Bonchev–Trinajstić information content (AvgIpc) is 3.33. The number of ether oxygens (including phenoxy) is 2. The summed E-state index contributed by atoms with van der Waals surface area (Å²) in [6, 6.07) is 16.1. The van der Waals surface area contributed by atoms with E-state index in [-0.39, 0.29) is 11.8 Å². The molecule has 0 radical (unpaired) electrons. The van der Waals surface area contributed by atoms with Crippen LogP contribution in [0.2, 0.25) is 0 Å². The molecule has 1 aliphatic rings. The van der Waals surface area contributed by atoms with Gasteiger partial charge >= 0.3 is 0 Å². The van der Waals surface area contributed by atoms with Crippen molar-refractivity contribution in [2.45, 2.75) is 6.42 Å². The standard InChI is InChI=1S/C26H32N4O3/c1-27-12-14-33-20-7-5-18(6-8-20)23-16-25(22-10-9-21(32-4)15-24(22)28-23)30-13-11-19(17-30)26(31)29(2)3/h5-10,15-16,19,27H,11-14,17H2,1-4H3. The van der Waals surface area contributed by atoms with Gasteiger partial charge in [0.2, 0.25) is 5.91 Å². The Morgan fingerprint density at radius 3 is 2.61 bits per heavy atom. The number of anilines is 1. The quantitative estimate of drug-likeness (QED) is 0.533. The summed E-state index contributed by atoms with van der Waals surface area (Å²) in [7, 11) is 7.22. The maximum Gasteiger partial charge on any atom is 0.227 e. The van der Waals surface area contributed by atoms with Gasteiger partial charge in [0.25, 0.3) is 0 Å². The van der Waals surface area contributed by atoms with Crippen LogP contribution in [0.4, 0.5) is 5.69 Å². The maximum atomic E-state index is 12.5. The summed E-state index contributed by atoms with van der Waals surface area (Å²) >= 11 is 0. The molecule has 0 saturated carbocycles. The van der Waals surface area contributed by atoms with Crippen LogP contribution < -0.4 is 19.7 Å². The first kappa shape index (κ1) is 22.9. The minimum Gasteiger partial charge on any atom is -0.497 e. The molecule has 0 spiro atoms. The van der Waals surface area contributed by atoms with Crippen molar-refractivity contribution in [2.75, 3.05) is 59.4 Å². The van der Waals surface area contributed by atoms with Gasteiger partial charge in [0.15, 0.2) is 0 Å². The van der Waals surface area contributed by atoms with Crippen LogP contribution in [0.5, 0.6) is 11.5 Å². The van der Waals surface area contributed by atoms with Crippen molar-refractivity contribution in [2.24, 2.45) is 5.92 Å². The Hall–Kier alpha value is -3.32. The number of carbonyl (C=O) groups is 1. The zero-order valence-corrected chi connectivity index (χ0v) is 19.8. The van der Waals surface area contributed by atoms with E-state index in [1.807, 2.05) is 57.5 Å². The molecule has 3 aromatic rings. The molecule has 1 unspecified atom stereocenters. The highest BCUT2D eigenvalue weighted by Crippen LogP contribution is 2.36. The van der Waals surface area contributed by atoms with Crippen molar-refractivity contribution in [1.82, 2.24) is 15.2 Å². The van der Waals surface area contributed by atoms with Gasteiger partial charge in [0.1, 0.15) is 18.1 Å². The number of amides is 1. The Morgan fingerprint density at radius 1 is 1.15 bits per heavy atom. The molecule has 1 aliphatic heterocycles. The van der Waals surface area contributed by atoms with E-state index in [0.717, 1.165) is 58.9 Å². The second-order valence-electron chi connectivity index (χ2n) is 8.55. The Balaban J connectivity index is 1.69. The number of nitrogens with one attached hydrogen (secondary N) is 1. The molecule has 2 aromatic carbocycles. The molecule has 4 rings (SSSR count). The van der Waals surface area contributed by atoms with Crippen LogP contribution in [0.25, 0.3) is 22.2 Å². The summed E-state index contributed by atoms with van der Waals surface area (Å²) in [5.41, 5.74) is 3.87. The van der Waals surface area contributed by atoms with Crippen LogP contribution in [-0.4, -0.2) is 70.3 Å². The summed E-state index contributed by atoms with van der Waals surface area (Å²) in [5.74, 6) is 1.81. The first-order valence-electron chi connectivity index (χ1n) is 11.3. The van der Waals surface area contributed by atoms with Crippen molar-refractivity contribution >= 4 is 22.5 Å². The highest BCUT2D eigenvalue weighted by atomic mass is 16.5. The van der Waals surface area contributed by atoms with Crippen molar-refractivity contribution in [1.29, 1.82) is 0 Å². The molecule has 7 heteroatoms. The van der Waals surface area contributed by atoms with E-state index in [2.05, 4.69) is 22.3 Å². The predicted octanol–water partition coefficient (Wildman–Crippen LogP) is 3.42. The number of rotatable bonds is 8. The van der Waals surface area contributed by atoms with Gasteiger partial charge in [-0.3, -0.25) is 4.79 Å². The third kappa shape index (κ3) is 5.03. The van der Waals surface area contributed by atoms with Gasteiger partial charge in [-0.2, -0.15) is 0 Å². The SMILES string of the molecule is CNCCOc1ccc(-c2cc(N3CCC(C(=O)N(C)C)C3)c3ccc(OC)cc3n2)cc1. The van der Waals surface area contributed by atoms with E-state index in [9.17, 15) is 4.79 Å². The van der Waals surface area contributed by atoms with Gasteiger partial charge in [-0.05, 0) is 55.9 Å². The van der Waals surface area contributed by atoms with E-state index in [1.54, 1.807) is 12.0 Å². The molecular formula is C26H32N4O3. The zero-order valence-electron chi connectivity index (χ0n) is 19.8. The lowest BCUT2D eigenvalue weighted by atomic mass is 10.1. The highest BCUT2D eigenvalue weighted by Gasteiger charge is 2.30. The molecule has 1 N–H and O–H groups in total. The Kier molecular flexibility index (Phi) is 6.99. The Labute approximate surface area is 195 Å². The first-order chi connectivity index (χ1) is 16.0. The normalized spacial score (nSPS) is 15.6. The fourth-order valence-corrected chi connectivity index (χ4v) is 4.26. The summed E-state index contributed by atoms with van der Waals surface area (Å²) in [6.07, 6.45) is 0.852. The van der Waals surface area contributed by atoms with E-state index in [1.165, 1.54) is 0 Å². The van der Waals surface area contributed by atoms with Crippen molar-refractivity contribution in [3.8, 4) is 22.8 Å². The van der Waals surface area contributed by atoms with Crippen molar-refractivity contribution in [3.05, 3.63) is 48.5 Å². The monoisotopic (exact) mass is 448 g/mol. The van der Waals surface area contributed by atoms with Crippen LogP contribution in [0.3, 0.4) is 0 Å². The molecule has 1 aromatic heterocycles. The van der Waals surface area contributed by atoms with Gasteiger partial charge in [-0.25, -0.2) is 4.98 Å². The highest BCUT2D eigenvalue weighted by molar-refractivity contribution is 5.95. The van der Waals surface area contributed by atoms with Gasteiger partial charge < -0.3 is 24.6 Å². The summed E-state index contributed by atoms with van der Waals surface area (Å²) in [6.45, 7) is 2.97. The number of pyridine rings is 1. The minimum atomic E-state index is 0.0129. The molecule has 1 amide bonds. The topological polar surface area (TPSA) is 66.9 Å². The van der Waals surface area contributed by atoms with E-state index >= 15 is 0 Å². The number of carbonyl (C=O) groups excluding carboxylic acids is 1. The Morgan fingerprint density at radius 2 is 1.91 bits per heavy atom. The third-order valence-corrected chi connectivity index (χ3v) is 6.09. The molecule has 33 heavy (non-hydrogen) atoms. The van der Waals surface area contributed by atoms with Gasteiger partial charge in [-0.15, -0.1) is 0 Å². The largest absolute Gasteiger partial charge is 0.497 e.